The van der Waals surface area contributed by atoms with Crippen molar-refractivity contribution in [2.45, 2.75) is 18.6 Å². The number of nitrogens with two attached hydrogens (primary N) is 1. The smallest absolute Gasteiger partial charge is 0.0357 e. The second kappa shape index (κ2) is 4.75. The zero-order valence-corrected chi connectivity index (χ0v) is 9.19. The van der Waals surface area contributed by atoms with E-state index in [1.54, 1.807) is 0 Å². The van der Waals surface area contributed by atoms with Crippen molar-refractivity contribution in [2.75, 3.05) is 20.1 Å². The van der Waals surface area contributed by atoms with Crippen LogP contribution in [0, 0.1) is 0 Å². The molecule has 3 heteroatoms. The summed E-state index contributed by atoms with van der Waals surface area (Å²) in [6.07, 6.45) is 0. The Balaban J connectivity index is 1.92. The maximum absolute atomic E-state index is 6.03. The average molecular weight is 205 g/mol. The van der Waals surface area contributed by atoms with Crippen LogP contribution >= 0.6 is 0 Å². The molecule has 3 nitrogen and oxygen atoms in total. The third-order valence-corrected chi connectivity index (χ3v) is 3.06. The lowest BCUT2D eigenvalue weighted by Crippen LogP contribution is -2.41. The second-order valence-electron chi connectivity index (χ2n) is 4.24. The summed E-state index contributed by atoms with van der Waals surface area (Å²) in [5.74, 6) is 0. The minimum atomic E-state index is 0.263. The molecule has 0 radical (unpaired) electrons. The van der Waals surface area contributed by atoms with Crippen LogP contribution in [0.15, 0.2) is 30.3 Å². The van der Waals surface area contributed by atoms with E-state index in [0.717, 1.165) is 19.6 Å². The first-order valence-corrected chi connectivity index (χ1v) is 5.48. The summed E-state index contributed by atoms with van der Waals surface area (Å²) in [5.41, 5.74) is 7.39. The van der Waals surface area contributed by atoms with E-state index in [1.807, 2.05) is 7.05 Å². The summed E-state index contributed by atoms with van der Waals surface area (Å²) in [6.45, 7) is 3.04. The third kappa shape index (κ3) is 2.56. The Morgan fingerprint density at radius 3 is 2.67 bits per heavy atom. The zero-order chi connectivity index (χ0) is 10.7. The number of nitrogens with one attached hydrogen (secondary N) is 1. The van der Waals surface area contributed by atoms with Crippen molar-refractivity contribution >= 4 is 0 Å². The van der Waals surface area contributed by atoms with E-state index in [1.165, 1.54) is 5.56 Å². The maximum atomic E-state index is 6.03. The number of rotatable bonds is 3. The molecule has 0 unspecified atom stereocenters. The summed E-state index contributed by atoms with van der Waals surface area (Å²) in [5, 5.41) is 3.26. The molecule has 1 saturated heterocycles. The van der Waals surface area contributed by atoms with E-state index in [4.69, 9.17) is 5.73 Å². The Bertz CT molecular complexity index is 299. The minimum absolute atomic E-state index is 0.263. The molecule has 0 bridgehead atoms. The van der Waals surface area contributed by atoms with Gasteiger partial charge in [-0.15, -0.1) is 0 Å². The van der Waals surface area contributed by atoms with Crippen molar-refractivity contribution < 1.29 is 0 Å². The molecule has 0 aliphatic carbocycles. The lowest BCUT2D eigenvalue weighted by Gasteiger charge is -2.15. The first kappa shape index (κ1) is 10.6. The largest absolute Gasteiger partial charge is 0.325 e. The van der Waals surface area contributed by atoms with Crippen molar-refractivity contribution in [3.63, 3.8) is 0 Å². The van der Waals surface area contributed by atoms with E-state index in [2.05, 4.69) is 40.5 Å². The molecular formula is C12H19N3. The van der Waals surface area contributed by atoms with Crippen LogP contribution in [0.2, 0.25) is 0 Å². The van der Waals surface area contributed by atoms with Crippen molar-refractivity contribution in [3.8, 4) is 0 Å². The summed E-state index contributed by atoms with van der Waals surface area (Å²) in [4.78, 5) is 2.40. The Hall–Kier alpha value is -0.900. The molecule has 1 aromatic rings. The SMILES string of the molecule is CN[C@H]1CN(Cc2ccccc2)C[C@@H]1N. The van der Waals surface area contributed by atoms with Gasteiger partial charge in [-0.1, -0.05) is 30.3 Å². The molecule has 0 saturated carbocycles. The molecule has 0 amide bonds. The van der Waals surface area contributed by atoms with Crippen molar-refractivity contribution in [3.05, 3.63) is 35.9 Å². The summed E-state index contributed by atoms with van der Waals surface area (Å²) < 4.78 is 0. The lowest BCUT2D eigenvalue weighted by atomic mass is 10.2. The predicted octanol–water partition coefficient (Wildman–Crippen LogP) is 0.417. The van der Waals surface area contributed by atoms with Gasteiger partial charge in [-0.2, -0.15) is 0 Å². The number of nitrogens with zero attached hydrogens (tertiary/aromatic N) is 1. The molecule has 2 atom stereocenters. The minimum Gasteiger partial charge on any atom is -0.325 e. The normalized spacial score (nSPS) is 27.1. The molecule has 1 aliphatic heterocycles. The monoisotopic (exact) mass is 205 g/mol. The molecule has 82 valence electrons. The molecule has 0 aromatic heterocycles. The number of likely N-dealkylation sites (tertiary alicyclic amines) is 1. The summed E-state index contributed by atoms with van der Waals surface area (Å²) in [7, 11) is 1.98. The van der Waals surface area contributed by atoms with Gasteiger partial charge in [0.15, 0.2) is 0 Å². The summed E-state index contributed by atoms with van der Waals surface area (Å²) in [6, 6.07) is 11.3. The number of hydrogen-bond donors (Lipinski definition) is 2. The number of benzene rings is 1. The van der Waals surface area contributed by atoms with Crippen molar-refractivity contribution in [1.82, 2.24) is 10.2 Å². The second-order valence-corrected chi connectivity index (χ2v) is 4.24. The molecular weight excluding hydrogens is 186 g/mol. The van der Waals surface area contributed by atoms with E-state index in [-0.39, 0.29) is 6.04 Å². The molecule has 2 rings (SSSR count). The summed E-state index contributed by atoms with van der Waals surface area (Å²) >= 11 is 0. The van der Waals surface area contributed by atoms with Gasteiger partial charge in [0.05, 0.1) is 0 Å². The number of likely N-dealkylation sites (N-methyl/N-ethyl adjacent to an activating group) is 1. The Kier molecular flexibility index (Phi) is 3.36. The standard InChI is InChI=1S/C12H19N3/c1-14-12-9-15(8-11(12)13)7-10-5-3-2-4-6-10/h2-6,11-12,14H,7-9,13H2,1H3/t11-,12-/m0/s1. The van der Waals surface area contributed by atoms with Crippen LogP contribution < -0.4 is 11.1 Å². The topological polar surface area (TPSA) is 41.3 Å². The Labute approximate surface area is 91.3 Å². The van der Waals surface area contributed by atoms with Gasteiger partial charge in [-0.25, -0.2) is 0 Å². The van der Waals surface area contributed by atoms with Crippen LogP contribution in [0.4, 0.5) is 0 Å². The fourth-order valence-electron chi connectivity index (χ4n) is 2.19. The Morgan fingerprint density at radius 1 is 1.33 bits per heavy atom. The fourth-order valence-corrected chi connectivity index (χ4v) is 2.19. The van der Waals surface area contributed by atoms with Gasteiger partial charge < -0.3 is 11.1 Å². The van der Waals surface area contributed by atoms with Crippen LogP contribution in [-0.4, -0.2) is 37.1 Å². The van der Waals surface area contributed by atoms with Crippen LogP contribution in [0.3, 0.4) is 0 Å². The van der Waals surface area contributed by atoms with E-state index >= 15 is 0 Å². The first-order chi connectivity index (χ1) is 7.29. The van der Waals surface area contributed by atoms with Gasteiger partial charge in [-0.05, 0) is 12.6 Å². The highest BCUT2D eigenvalue weighted by Crippen LogP contribution is 2.12. The quantitative estimate of drug-likeness (QED) is 0.751. The first-order valence-electron chi connectivity index (χ1n) is 5.48. The lowest BCUT2D eigenvalue weighted by molar-refractivity contribution is 0.320. The third-order valence-electron chi connectivity index (χ3n) is 3.06. The molecule has 15 heavy (non-hydrogen) atoms. The maximum Gasteiger partial charge on any atom is 0.0357 e. The van der Waals surface area contributed by atoms with E-state index in [9.17, 15) is 0 Å². The highest BCUT2D eigenvalue weighted by atomic mass is 15.2. The average Bonchev–Trinajstić information content (AvgIpc) is 2.60. The van der Waals surface area contributed by atoms with Crippen LogP contribution in [0.1, 0.15) is 5.56 Å². The highest BCUT2D eigenvalue weighted by Gasteiger charge is 2.28. The Morgan fingerprint density at radius 2 is 2.07 bits per heavy atom. The number of hydrogen-bond acceptors (Lipinski definition) is 3. The van der Waals surface area contributed by atoms with Gasteiger partial charge in [-0.3, -0.25) is 4.90 Å². The highest BCUT2D eigenvalue weighted by molar-refractivity contribution is 5.15. The molecule has 1 fully saturated rings. The fraction of sp³-hybridized carbons (Fsp3) is 0.500. The van der Waals surface area contributed by atoms with Crippen molar-refractivity contribution in [2.24, 2.45) is 5.73 Å². The van der Waals surface area contributed by atoms with Gasteiger partial charge in [0.25, 0.3) is 0 Å². The van der Waals surface area contributed by atoms with Crippen molar-refractivity contribution in [1.29, 1.82) is 0 Å². The zero-order valence-electron chi connectivity index (χ0n) is 9.19. The van der Waals surface area contributed by atoms with Gasteiger partial charge in [0.1, 0.15) is 0 Å². The molecule has 1 heterocycles. The molecule has 0 spiro atoms. The molecule has 1 aliphatic rings. The van der Waals surface area contributed by atoms with E-state index < -0.39 is 0 Å². The van der Waals surface area contributed by atoms with Crippen LogP contribution in [0.5, 0.6) is 0 Å². The van der Waals surface area contributed by atoms with Gasteiger partial charge in [0.2, 0.25) is 0 Å². The molecule has 3 N–H and O–H groups in total. The van der Waals surface area contributed by atoms with Crippen LogP contribution in [-0.2, 0) is 6.54 Å². The van der Waals surface area contributed by atoms with Crippen LogP contribution in [0.25, 0.3) is 0 Å². The predicted molar refractivity (Wildman–Crippen MR) is 62.5 cm³/mol. The molecule has 1 aromatic carbocycles. The van der Waals surface area contributed by atoms with Gasteiger partial charge >= 0.3 is 0 Å². The van der Waals surface area contributed by atoms with E-state index in [0.29, 0.717) is 6.04 Å². The van der Waals surface area contributed by atoms with Gasteiger partial charge in [0, 0.05) is 31.7 Å².